The fourth-order valence-electron chi connectivity index (χ4n) is 3.50. The summed E-state index contributed by atoms with van der Waals surface area (Å²) >= 11 is 0. The van der Waals surface area contributed by atoms with Gasteiger partial charge in [-0.15, -0.1) is 0 Å². The van der Waals surface area contributed by atoms with Gasteiger partial charge in [-0.3, -0.25) is 4.79 Å². The van der Waals surface area contributed by atoms with E-state index in [2.05, 4.69) is 35.9 Å². The van der Waals surface area contributed by atoms with Gasteiger partial charge in [0.05, 0.1) is 5.92 Å². The molecule has 1 aromatic carbocycles. The van der Waals surface area contributed by atoms with E-state index in [9.17, 15) is 9.90 Å². The van der Waals surface area contributed by atoms with E-state index >= 15 is 0 Å². The molecule has 0 radical (unpaired) electrons. The Hall–Kier alpha value is -1.81. The molecule has 2 N–H and O–H groups in total. The van der Waals surface area contributed by atoms with E-state index in [1.54, 1.807) is 6.92 Å². The number of carboxylic acids is 1. The fourth-order valence-corrected chi connectivity index (χ4v) is 3.50. The van der Waals surface area contributed by atoms with Crippen molar-refractivity contribution in [1.82, 2.24) is 9.88 Å². The van der Waals surface area contributed by atoms with Crippen LogP contribution in [-0.2, 0) is 30.8 Å². The molecule has 1 atom stereocenters. The number of nitrogens with zero attached hydrogens (tertiary/aromatic N) is 1. The van der Waals surface area contributed by atoms with Crippen molar-refractivity contribution in [3.63, 3.8) is 0 Å². The Morgan fingerprint density at radius 1 is 1.36 bits per heavy atom. The minimum atomic E-state index is -0.724. The van der Waals surface area contributed by atoms with Crippen LogP contribution < -0.4 is 5.32 Å². The third-order valence-corrected chi connectivity index (χ3v) is 4.79. The van der Waals surface area contributed by atoms with Gasteiger partial charge in [-0.1, -0.05) is 13.8 Å². The molecule has 1 unspecified atom stereocenters. The summed E-state index contributed by atoms with van der Waals surface area (Å²) in [6.07, 6.45) is 1.68. The van der Waals surface area contributed by atoms with Crippen molar-refractivity contribution in [2.24, 2.45) is 5.92 Å². The second kappa shape index (κ2) is 5.76. The van der Waals surface area contributed by atoms with Crippen molar-refractivity contribution in [3.05, 3.63) is 34.5 Å². The second-order valence-corrected chi connectivity index (χ2v) is 6.40. The van der Waals surface area contributed by atoms with Gasteiger partial charge in [-0.2, -0.15) is 0 Å². The predicted molar refractivity (Wildman–Crippen MR) is 88.0 cm³/mol. The lowest BCUT2D eigenvalue weighted by molar-refractivity contribution is -0.141. The molecule has 3 rings (SSSR count). The lowest BCUT2D eigenvalue weighted by Gasteiger charge is -2.08. The molecule has 0 bridgehead atoms. The summed E-state index contributed by atoms with van der Waals surface area (Å²) in [6.45, 7) is 8.93. The number of benzene rings is 1. The fraction of sp³-hybridized carbons (Fsp3) is 0.500. The molecular formula is C18H24N2O2. The van der Waals surface area contributed by atoms with Gasteiger partial charge in [0.15, 0.2) is 0 Å². The van der Waals surface area contributed by atoms with Crippen LogP contribution in [0.4, 0.5) is 0 Å². The minimum Gasteiger partial charge on any atom is -0.481 e. The van der Waals surface area contributed by atoms with Crippen LogP contribution in [0.3, 0.4) is 0 Å². The monoisotopic (exact) mass is 300 g/mol. The number of aromatic nitrogens is 1. The van der Waals surface area contributed by atoms with Crippen molar-refractivity contribution < 1.29 is 9.90 Å². The van der Waals surface area contributed by atoms with Gasteiger partial charge < -0.3 is 15.0 Å². The summed E-state index contributed by atoms with van der Waals surface area (Å²) < 4.78 is 2.36. The predicted octanol–water partition coefficient (Wildman–Crippen LogP) is 3.23. The summed E-state index contributed by atoms with van der Waals surface area (Å²) in [4.78, 5) is 11.3. The molecule has 1 aliphatic rings. The number of hydrogen-bond acceptors (Lipinski definition) is 2. The van der Waals surface area contributed by atoms with Crippen molar-refractivity contribution in [2.75, 3.05) is 0 Å². The molecule has 0 amide bonds. The molecule has 118 valence electrons. The smallest absolute Gasteiger partial charge is 0.306 e. The zero-order chi connectivity index (χ0) is 15.9. The summed E-state index contributed by atoms with van der Waals surface area (Å²) in [7, 11) is 0. The van der Waals surface area contributed by atoms with Gasteiger partial charge in [0.25, 0.3) is 0 Å². The van der Waals surface area contributed by atoms with Gasteiger partial charge >= 0.3 is 5.97 Å². The highest BCUT2D eigenvalue weighted by atomic mass is 16.4. The number of nitrogens with one attached hydrogen (secondary N) is 1. The Morgan fingerprint density at radius 2 is 2.05 bits per heavy atom. The molecule has 0 fully saturated rings. The van der Waals surface area contributed by atoms with Crippen LogP contribution in [0.2, 0.25) is 0 Å². The average Bonchev–Trinajstić information content (AvgIpc) is 3.03. The Bertz CT molecular complexity index is 730. The average molecular weight is 300 g/mol. The molecule has 2 heterocycles. The van der Waals surface area contributed by atoms with Crippen molar-refractivity contribution in [2.45, 2.75) is 53.2 Å². The highest BCUT2D eigenvalue weighted by Crippen LogP contribution is 2.32. The second-order valence-electron chi connectivity index (χ2n) is 6.40. The molecular weight excluding hydrogens is 276 g/mol. The minimum absolute atomic E-state index is 0.356. The molecule has 0 aliphatic carbocycles. The number of carboxylic acid groups (broad SMARTS) is 1. The third kappa shape index (κ3) is 2.41. The zero-order valence-corrected chi connectivity index (χ0v) is 13.6. The molecule has 0 saturated heterocycles. The van der Waals surface area contributed by atoms with Crippen LogP contribution in [0.15, 0.2) is 12.1 Å². The maximum absolute atomic E-state index is 11.3. The normalized spacial score (nSPS) is 15.2. The topological polar surface area (TPSA) is 54.3 Å². The zero-order valence-electron chi connectivity index (χ0n) is 13.6. The SMILES string of the molecule is CCCn1c(C)c(CC(C)C(=O)O)c2cc3c(cc21)CNC3. The standard InChI is InChI=1S/C18H24N2O2/c1-4-5-20-12(3)15(6-11(2)18(21)22)16-7-13-9-19-10-14(13)8-17(16)20/h7-8,11,19H,4-6,9-10H2,1-3H3,(H,21,22). The van der Waals surface area contributed by atoms with Crippen LogP contribution in [0.25, 0.3) is 10.9 Å². The highest BCUT2D eigenvalue weighted by Gasteiger charge is 2.21. The first kappa shape index (κ1) is 15.1. The summed E-state index contributed by atoms with van der Waals surface area (Å²) in [5.74, 6) is -1.08. The highest BCUT2D eigenvalue weighted by molar-refractivity contribution is 5.88. The molecule has 2 aromatic rings. The quantitative estimate of drug-likeness (QED) is 0.891. The van der Waals surface area contributed by atoms with Gasteiger partial charge in [0.2, 0.25) is 0 Å². The summed E-state index contributed by atoms with van der Waals surface area (Å²) in [5, 5.41) is 13.9. The lowest BCUT2D eigenvalue weighted by Crippen LogP contribution is -2.13. The third-order valence-electron chi connectivity index (χ3n) is 4.79. The molecule has 22 heavy (non-hydrogen) atoms. The van der Waals surface area contributed by atoms with E-state index in [4.69, 9.17) is 0 Å². The number of aliphatic carboxylic acids is 1. The molecule has 1 aromatic heterocycles. The number of aryl methyl sites for hydroxylation is 1. The summed E-state index contributed by atoms with van der Waals surface area (Å²) in [5.41, 5.74) is 6.41. The Morgan fingerprint density at radius 3 is 2.68 bits per heavy atom. The largest absolute Gasteiger partial charge is 0.481 e. The first-order chi connectivity index (χ1) is 10.5. The van der Waals surface area contributed by atoms with E-state index in [-0.39, 0.29) is 5.92 Å². The Labute approximate surface area is 131 Å². The number of hydrogen-bond donors (Lipinski definition) is 2. The van der Waals surface area contributed by atoms with Gasteiger partial charge in [-0.05, 0) is 48.6 Å². The Balaban J connectivity index is 2.17. The first-order valence-electron chi connectivity index (χ1n) is 8.10. The van der Waals surface area contributed by atoms with Gasteiger partial charge in [0.1, 0.15) is 0 Å². The van der Waals surface area contributed by atoms with Crippen LogP contribution in [0.1, 0.15) is 42.7 Å². The van der Waals surface area contributed by atoms with Crippen LogP contribution in [-0.4, -0.2) is 15.6 Å². The van der Waals surface area contributed by atoms with Crippen molar-refractivity contribution in [3.8, 4) is 0 Å². The molecule has 4 nitrogen and oxygen atoms in total. The van der Waals surface area contributed by atoms with E-state index in [1.807, 2.05) is 0 Å². The van der Waals surface area contributed by atoms with Gasteiger partial charge in [0, 0.05) is 36.2 Å². The molecule has 1 aliphatic heterocycles. The van der Waals surface area contributed by atoms with E-state index in [0.717, 1.165) is 26.1 Å². The maximum Gasteiger partial charge on any atom is 0.306 e. The Kier molecular flexibility index (Phi) is 3.96. The van der Waals surface area contributed by atoms with Crippen molar-refractivity contribution >= 4 is 16.9 Å². The first-order valence-corrected chi connectivity index (χ1v) is 8.10. The van der Waals surface area contributed by atoms with Crippen LogP contribution >= 0.6 is 0 Å². The molecule has 0 saturated carbocycles. The number of rotatable bonds is 5. The molecule has 0 spiro atoms. The number of fused-ring (bicyclic) bond motifs is 2. The van der Waals surface area contributed by atoms with Gasteiger partial charge in [-0.25, -0.2) is 0 Å². The maximum atomic E-state index is 11.3. The van der Waals surface area contributed by atoms with Crippen molar-refractivity contribution in [1.29, 1.82) is 0 Å². The van der Waals surface area contributed by atoms with E-state index in [0.29, 0.717) is 6.42 Å². The lowest BCUT2D eigenvalue weighted by atomic mass is 9.97. The van der Waals surface area contributed by atoms with E-state index < -0.39 is 5.97 Å². The van der Waals surface area contributed by atoms with Crippen LogP contribution in [0.5, 0.6) is 0 Å². The van der Waals surface area contributed by atoms with Crippen LogP contribution in [0, 0.1) is 12.8 Å². The summed E-state index contributed by atoms with van der Waals surface area (Å²) in [6, 6.07) is 4.57. The molecule has 4 heteroatoms. The van der Waals surface area contributed by atoms with E-state index in [1.165, 1.54) is 33.3 Å². The number of carbonyl (C=O) groups is 1.